The zero-order chi connectivity index (χ0) is 22.4. The number of aromatic hydroxyl groups is 1. The van der Waals surface area contributed by atoms with Gasteiger partial charge >= 0.3 is 5.97 Å². The largest absolute Gasteiger partial charge is 0.508 e. The van der Waals surface area contributed by atoms with Crippen molar-refractivity contribution < 1.29 is 28.2 Å². The highest BCUT2D eigenvalue weighted by molar-refractivity contribution is 7.89. The van der Waals surface area contributed by atoms with Crippen LogP contribution in [0.3, 0.4) is 0 Å². The molecule has 162 valence electrons. The lowest BCUT2D eigenvalue weighted by molar-refractivity contribution is -0.138. The molecule has 7 nitrogen and oxygen atoms in total. The first-order valence-electron chi connectivity index (χ1n) is 9.67. The fourth-order valence-electron chi connectivity index (χ4n) is 3.94. The number of hydrogen-bond donors (Lipinski definition) is 3. The minimum absolute atomic E-state index is 0.0486. The number of carbonyl (C=O) groups is 1. The number of benzene rings is 2. The molecule has 0 spiro atoms. The Kier molecular flexibility index (Phi) is 5.60. The van der Waals surface area contributed by atoms with E-state index >= 15 is 0 Å². The second kappa shape index (κ2) is 7.59. The Morgan fingerprint density at radius 1 is 1.13 bits per heavy atom. The predicted octanol–water partition coefficient (Wildman–Crippen LogP) is 3.01. The summed E-state index contributed by atoms with van der Waals surface area (Å²) >= 11 is 0. The molecule has 0 radical (unpaired) electrons. The number of fused-ring (bicyclic) bond motifs is 1. The summed E-state index contributed by atoms with van der Waals surface area (Å²) in [7, 11) is -4.11. The molecule has 0 fully saturated rings. The van der Waals surface area contributed by atoms with Crippen molar-refractivity contribution in [3.63, 3.8) is 0 Å². The van der Waals surface area contributed by atoms with E-state index in [0.717, 1.165) is 11.1 Å². The summed E-state index contributed by atoms with van der Waals surface area (Å²) in [6, 6.07) is 4.65. The first-order chi connectivity index (χ1) is 13.8. The van der Waals surface area contributed by atoms with E-state index < -0.39 is 27.6 Å². The van der Waals surface area contributed by atoms with Gasteiger partial charge in [-0.15, -0.1) is 0 Å². The molecule has 30 heavy (non-hydrogen) atoms. The summed E-state index contributed by atoms with van der Waals surface area (Å²) in [5, 5.41) is 19.0. The van der Waals surface area contributed by atoms with E-state index in [9.17, 15) is 23.4 Å². The van der Waals surface area contributed by atoms with E-state index in [4.69, 9.17) is 4.74 Å². The van der Waals surface area contributed by atoms with Gasteiger partial charge in [0.05, 0.1) is 4.90 Å². The number of carboxylic acids is 1. The van der Waals surface area contributed by atoms with Crippen molar-refractivity contribution in [2.75, 3.05) is 0 Å². The molecular formula is C22H27NO6S. The number of aliphatic carboxylic acids is 1. The summed E-state index contributed by atoms with van der Waals surface area (Å²) in [5.41, 5.74) is 2.88. The lowest BCUT2D eigenvalue weighted by Gasteiger charge is -2.21. The van der Waals surface area contributed by atoms with Crippen LogP contribution in [0.4, 0.5) is 0 Å². The number of sulfonamides is 1. The molecule has 0 unspecified atom stereocenters. The van der Waals surface area contributed by atoms with Gasteiger partial charge in [0, 0.05) is 12.0 Å². The molecule has 1 heterocycles. The molecule has 0 saturated heterocycles. The first kappa shape index (κ1) is 22.1. The van der Waals surface area contributed by atoms with Crippen molar-refractivity contribution in [2.24, 2.45) is 0 Å². The Labute approximate surface area is 176 Å². The molecule has 3 N–H and O–H groups in total. The first-order valence-corrected chi connectivity index (χ1v) is 11.2. The molecule has 0 amide bonds. The van der Waals surface area contributed by atoms with Crippen LogP contribution in [0, 0.1) is 20.8 Å². The standard InChI is InChI=1S/C22H27NO6S/c1-12-13(2)20(14(3)17-11-22(4,5)29-19(12)17)30(27,28)23-18(21(25)26)10-15-6-8-16(24)9-7-15/h6-9,18,23-24H,10-11H2,1-5H3,(H,25,26)/t18-/m0/s1. The lowest BCUT2D eigenvalue weighted by atomic mass is 9.94. The number of carboxylic acid groups (broad SMARTS) is 1. The van der Waals surface area contributed by atoms with Gasteiger partial charge in [0.2, 0.25) is 10.0 Å². The van der Waals surface area contributed by atoms with Crippen molar-refractivity contribution in [1.29, 1.82) is 0 Å². The van der Waals surface area contributed by atoms with Crippen LogP contribution in [-0.2, 0) is 27.7 Å². The van der Waals surface area contributed by atoms with Gasteiger partial charge in [-0.3, -0.25) is 4.79 Å². The molecule has 0 bridgehead atoms. The van der Waals surface area contributed by atoms with Crippen molar-refractivity contribution in [3.8, 4) is 11.5 Å². The van der Waals surface area contributed by atoms with Crippen LogP contribution in [0.2, 0.25) is 0 Å². The highest BCUT2D eigenvalue weighted by Crippen LogP contribution is 2.43. The number of rotatable bonds is 6. The maximum atomic E-state index is 13.3. The number of phenolic OH excluding ortho intramolecular Hbond substituents is 1. The normalized spacial score (nSPS) is 16.0. The smallest absolute Gasteiger partial charge is 0.322 e. The molecule has 1 aliphatic rings. The molecule has 3 rings (SSSR count). The minimum atomic E-state index is -4.11. The van der Waals surface area contributed by atoms with Crippen molar-refractivity contribution in [1.82, 2.24) is 4.72 Å². The Morgan fingerprint density at radius 3 is 2.30 bits per heavy atom. The van der Waals surface area contributed by atoms with Gasteiger partial charge in [-0.1, -0.05) is 12.1 Å². The van der Waals surface area contributed by atoms with Gasteiger partial charge in [0.1, 0.15) is 23.1 Å². The van der Waals surface area contributed by atoms with Crippen molar-refractivity contribution >= 4 is 16.0 Å². The molecule has 0 aliphatic carbocycles. The van der Waals surface area contributed by atoms with Gasteiger partial charge < -0.3 is 14.9 Å². The Bertz CT molecular complexity index is 1100. The number of nitrogens with one attached hydrogen (secondary N) is 1. The van der Waals surface area contributed by atoms with Gasteiger partial charge in [0.25, 0.3) is 0 Å². The number of ether oxygens (including phenoxy) is 1. The third-order valence-electron chi connectivity index (χ3n) is 5.53. The monoisotopic (exact) mass is 433 g/mol. The van der Waals surface area contributed by atoms with Crippen LogP contribution in [-0.4, -0.2) is 36.2 Å². The minimum Gasteiger partial charge on any atom is -0.508 e. The Balaban J connectivity index is 1.99. The highest BCUT2D eigenvalue weighted by atomic mass is 32.2. The van der Waals surface area contributed by atoms with E-state index in [1.165, 1.54) is 12.1 Å². The molecule has 1 atom stereocenters. The zero-order valence-corrected chi connectivity index (χ0v) is 18.6. The second-order valence-corrected chi connectivity index (χ2v) is 10.1. The van der Waals surface area contributed by atoms with Gasteiger partial charge in [-0.25, -0.2) is 8.42 Å². The summed E-state index contributed by atoms with van der Waals surface area (Å²) in [6.45, 7) is 9.17. The molecule has 2 aromatic carbocycles. The van der Waals surface area contributed by atoms with Crippen LogP contribution in [0.5, 0.6) is 11.5 Å². The van der Waals surface area contributed by atoms with Gasteiger partial charge in [-0.05, 0) is 75.4 Å². The van der Waals surface area contributed by atoms with E-state index in [2.05, 4.69) is 4.72 Å². The maximum absolute atomic E-state index is 13.3. The van der Waals surface area contributed by atoms with E-state index in [0.29, 0.717) is 28.9 Å². The number of phenols is 1. The number of hydrogen-bond acceptors (Lipinski definition) is 5. The molecule has 8 heteroatoms. The molecule has 0 aromatic heterocycles. The van der Waals surface area contributed by atoms with Crippen molar-refractivity contribution in [2.45, 2.75) is 64.0 Å². The summed E-state index contributed by atoms with van der Waals surface area (Å²) in [6.07, 6.45) is 0.528. The summed E-state index contributed by atoms with van der Waals surface area (Å²) < 4.78 is 35.0. The van der Waals surface area contributed by atoms with E-state index in [1.807, 2.05) is 20.8 Å². The fraction of sp³-hybridized carbons (Fsp3) is 0.409. The van der Waals surface area contributed by atoms with E-state index in [1.54, 1.807) is 26.0 Å². The molecular weight excluding hydrogens is 406 g/mol. The second-order valence-electron chi connectivity index (χ2n) is 8.43. The average molecular weight is 434 g/mol. The fourth-order valence-corrected chi connectivity index (χ4v) is 5.70. The third-order valence-corrected chi connectivity index (χ3v) is 7.28. The van der Waals surface area contributed by atoms with Crippen LogP contribution in [0.25, 0.3) is 0 Å². The van der Waals surface area contributed by atoms with Crippen LogP contribution in [0.1, 0.15) is 41.7 Å². The quantitative estimate of drug-likeness (QED) is 0.645. The predicted molar refractivity (Wildman–Crippen MR) is 113 cm³/mol. The average Bonchev–Trinajstić information content (AvgIpc) is 2.97. The van der Waals surface area contributed by atoms with Crippen molar-refractivity contribution in [3.05, 3.63) is 52.1 Å². The summed E-state index contributed by atoms with van der Waals surface area (Å²) in [4.78, 5) is 11.9. The van der Waals surface area contributed by atoms with Crippen LogP contribution in [0.15, 0.2) is 29.2 Å². The third kappa shape index (κ3) is 4.15. The molecule has 0 saturated carbocycles. The van der Waals surface area contributed by atoms with E-state index in [-0.39, 0.29) is 17.1 Å². The van der Waals surface area contributed by atoms with Crippen LogP contribution < -0.4 is 9.46 Å². The molecule has 1 aliphatic heterocycles. The van der Waals surface area contributed by atoms with Gasteiger partial charge in [0.15, 0.2) is 0 Å². The zero-order valence-electron chi connectivity index (χ0n) is 17.7. The lowest BCUT2D eigenvalue weighted by Crippen LogP contribution is -2.42. The Morgan fingerprint density at radius 2 is 1.73 bits per heavy atom. The van der Waals surface area contributed by atoms with Gasteiger partial charge in [-0.2, -0.15) is 4.72 Å². The van der Waals surface area contributed by atoms with Crippen LogP contribution >= 0.6 is 0 Å². The highest BCUT2D eigenvalue weighted by Gasteiger charge is 2.37. The topological polar surface area (TPSA) is 113 Å². The Hall–Kier alpha value is -2.58. The SMILES string of the molecule is Cc1c(C)c(S(=O)(=O)N[C@@H](Cc2ccc(O)cc2)C(=O)O)c(C)c2c1OC(C)(C)C2. The molecule has 2 aromatic rings. The maximum Gasteiger partial charge on any atom is 0.322 e. The summed E-state index contributed by atoms with van der Waals surface area (Å²) in [5.74, 6) is -0.506.